The van der Waals surface area contributed by atoms with E-state index in [0.717, 1.165) is 5.01 Å². The van der Waals surface area contributed by atoms with Crippen molar-refractivity contribution in [3.05, 3.63) is 0 Å². The maximum Gasteiger partial charge on any atom is 0.424 e. The van der Waals surface area contributed by atoms with E-state index in [9.17, 15) is 9.59 Å². The van der Waals surface area contributed by atoms with Crippen molar-refractivity contribution in [1.29, 1.82) is 0 Å². The Morgan fingerprint density at radius 2 is 1.83 bits per heavy atom. The molecule has 1 aliphatic heterocycles. The molecule has 24 heavy (non-hydrogen) atoms. The minimum Gasteiger partial charge on any atom is -0.465 e. The third-order valence-corrected chi connectivity index (χ3v) is 4.01. The third-order valence-electron chi connectivity index (χ3n) is 4.01. The fourth-order valence-electron chi connectivity index (χ4n) is 3.17. The zero-order chi connectivity index (χ0) is 18.3. The molecule has 0 aromatic heterocycles. The topological polar surface area (TPSA) is 100 Å². The van der Waals surface area contributed by atoms with Gasteiger partial charge < -0.3 is 18.9 Å². The summed E-state index contributed by atoms with van der Waals surface area (Å²) in [5, 5.41) is 1.07. The third kappa shape index (κ3) is 4.37. The van der Waals surface area contributed by atoms with Crippen LogP contribution < -0.4 is 5.84 Å². The van der Waals surface area contributed by atoms with Crippen molar-refractivity contribution in [2.75, 3.05) is 6.61 Å². The number of esters is 1. The SMILES string of the molecule is CC(=O)OC[C@H]1C[C@@H](N(N)C(=O)OC(C)(C)C)[C@@H]2OC(C)(C)O[C@H]12. The Labute approximate surface area is 142 Å². The Bertz CT molecular complexity index is 501. The van der Waals surface area contributed by atoms with Crippen molar-refractivity contribution in [2.45, 2.75) is 77.6 Å². The number of amides is 1. The van der Waals surface area contributed by atoms with Crippen LogP contribution in [0.1, 0.15) is 48.0 Å². The van der Waals surface area contributed by atoms with Gasteiger partial charge in [-0.2, -0.15) is 0 Å². The summed E-state index contributed by atoms with van der Waals surface area (Å²) >= 11 is 0. The quantitative estimate of drug-likeness (QED) is 0.359. The van der Waals surface area contributed by atoms with Gasteiger partial charge in [0, 0.05) is 12.8 Å². The average Bonchev–Trinajstić information content (AvgIpc) is 2.87. The zero-order valence-corrected chi connectivity index (χ0v) is 15.2. The minimum atomic E-state index is -0.781. The van der Waals surface area contributed by atoms with Crippen LogP contribution in [0.3, 0.4) is 0 Å². The number of carbonyl (C=O) groups is 2. The van der Waals surface area contributed by atoms with E-state index in [1.807, 2.05) is 0 Å². The Kier molecular flexibility index (Phi) is 5.13. The molecule has 1 heterocycles. The first-order valence-electron chi connectivity index (χ1n) is 8.15. The van der Waals surface area contributed by atoms with E-state index in [2.05, 4.69) is 0 Å². The molecule has 2 aliphatic rings. The summed E-state index contributed by atoms with van der Waals surface area (Å²) in [5.41, 5.74) is -0.643. The molecule has 2 rings (SSSR count). The van der Waals surface area contributed by atoms with E-state index in [4.69, 9.17) is 24.8 Å². The number of rotatable bonds is 3. The molecule has 2 fully saturated rings. The number of nitrogens with two attached hydrogens (primary N) is 1. The van der Waals surface area contributed by atoms with Crippen molar-refractivity contribution in [3.8, 4) is 0 Å². The fraction of sp³-hybridized carbons (Fsp3) is 0.875. The second-order valence-electron chi connectivity index (χ2n) is 7.82. The number of carbonyl (C=O) groups excluding carboxylic acids is 2. The van der Waals surface area contributed by atoms with Crippen molar-refractivity contribution >= 4 is 12.1 Å². The summed E-state index contributed by atoms with van der Waals surface area (Å²) in [6.07, 6.45) is -0.794. The lowest BCUT2D eigenvalue weighted by atomic mass is 10.1. The van der Waals surface area contributed by atoms with Gasteiger partial charge in [-0.3, -0.25) is 4.79 Å². The molecule has 1 amide bonds. The second-order valence-corrected chi connectivity index (χ2v) is 7.82. The van der Waals surface area contributed by atoms with Gasteiger partial charge in [-0.05, 0) is 41.0 Å². The number of fused-ring (bicyclic) bond motifs is 1. The predicted molar refractivity (Wildman–Crippen MR) is 84.6 cm³/mol. The van der Waals surface area contributed by atoms with Crippen LogP contribution in [0.2, 0.25) is 0 Å². The van der Waals surface area contributed by atoms with E-state index in [0.29, 0.717) is 6.42 Å². The number of nitrogens with zero attached hydrogens (tertiary/aromatic N) is 1. The van der Waals surface area contributed by atoms with Gasteiger partial charge in [-0.1, -0.05) is 0 Å². The van der Waals surface area contributed by atoms with Gasteiger partial charge in [-0.25, -0.2) is 15.6 Å². The maximum atomic E-state index is 12.3. The highest BCUT2D eigenvalue weighted by Gasteiger charge is 2.56. The Balaban J connectivity index is 2.11. The lowest BCUT2D eigenvalue weighted by molar-refractivity contribution is -0.166. The Morgan fingerprint density at radius 1 is 1.25 bits per heavy atom. The molecule has 8 nitrogen and oxygen atoms in total. The number of ether oxygens (including phenoxy) is 4. The predicted octanol–water partition coefficient (Wildman–Crippen LogP) is 1.57. The van der Waals surface area contributed by atoms with E-state index >= 15 is 0 Å². The standard InChI is InChI=1S/C16H28N2O6/c1-9(19)21-8-10-7-11(13-12(10)22-16(5,6)23-13)18(17)14(20)24-15(2,3)4/h10-13H,7-8,17H2,1-6H3/t10-,11-,12-,13+/m1/s1. The normalized spacial score (nSPS) is 31.5. The molecule has 0 aromatic carbocycles. The van der Waals surface area contributed by atoms with Crippen molar-refractivity contribution in [2.24, 2.45) is 11.8 Å². The molecule has 138 valence electrons. The van der Waals surface area contributed by atoms with Crippen LogP contribution in [0.4, 0.5) is 4.79 Å². The van der Waals surface area contributed by atoms with Crippen LogP contribution in [0.5, 0.6) is 0 Å². The van der Waals surface area contributed by atoms with Crippen molar-refractivity contribution in [1.82, 2.24) is 5.01 Å². The number of hydrazine groups is 1. The maximum absolute atomic E-state index is 12.3. The first kappa shape index (κ1) is 19.0. The highest BCUT2D eigenvalue weighted by Crippen LogP contribution is 2.43. The molecule has 2 N–H and O–H groups in total. The van der Waals surface area contributed by atoms with E-state index < -0.39 is 29.6 Å². The summed E-state index contributed by atoms with van der Waals surface area (Å²) in [7, 11) is 0. The van der Waals surface area contributed by atoms with Crippen LogP contribution in [-0.2, 0) is 23.7 Å². The van der Waals surface area contributed by atoms with Crippen LogP contribution in [0.15, 0.2) is 0 Å². The molecular weight excluding hydrogens is 316 g/mol. The summed E-state index contributed by atoms with van der Waals surface area (Å²) < 4.78 is 22.3. The molecule has 0 unspecified atom stereocenters. The molecule has 0 spiro atoms. The van der Waals surface area contributed by atoms with Crippen molar-refractivity contribution in [3.63, 3.8) is 0 Å². The molecule has 0 aromatic rings. The average molecular weight is 344 g/mol. The first-order chi connectivity index (χ1) is 10.9. The minimum absolute atomic E-state index is 0.0980. The van der Waals surface area contributed by atoms with Gasteiger partial charge in [0.2, 0.25) is 0 Å². The summed E-state index contributed by atoms with van der Waals surface area (Å²) in [5.74, 6) is 4.77. The van der Waals surface area contributed by atoms with Crippen LogP contribution >= 0.6 is 0 Å². The number of hydrogen-bond donors (Lipinski definition) is 1. The van der Waals surface area contributed by atoms with Gasteiger partial charge >= 0.3 is 12.1 Å². The molecule has 0 bridgehead atoms. The molecule has 1 aliphatic carbocycles. The van der Waals surface area contributed by atoms with Gasteiger partial charge in [0.15, 0.2) is 5.79 Å². The highest BCUT2D eigenvalue weighted by molar-refractivity contribution is 5.68. The highest BCUT2D eigenvalue weighted by atomic mass is 16.8. The second kappa shape index (κ2) is 6.50. The molecule has 8 heteroatoms. The largest absolute Gasteiger partial charge is 0.465 e. The molecular formula is C16H28N2O6. The lowest BCUT2D eigenvalue weighted by Gasteiger charge is -2.31. The monoisotopic (exact) mass is 344 g/mol. The fourth-order valence-corrected chi connectivity index (χ4v) is 3.17. The van der Waals surface area contributed by atoms with Gasteiger partial charge in [0.1, 0.15) is 11.7 Å². The number of hydrogen-bond acceptors (Lipinski definition) is 7. The van der Waals surface area contributed by atoms with E-state index in [1.165, 1.54) is 6.92 Å². The Morgan fingerprint density at radius 3 is 2.38 bits per heavy atom. The molecule has 4 atom stereocenters. The Hall–Kier alpha value is -1.38. The first-order valence-corrected chi connectivity index (χ1v) is 8.15. The zero-order valence-electron chi connectivity index (χ0n) is 15.2. The summed E-state index contributed by atoms with van der Waals surface area (Å²) in [6, 6.07) is -0.410. The van der Waals surface area contributed by atoms with Crippen LogP contribution in [-0.4, -0.2) is 53.3 Å². The van der Waals surface area contributed by atoms with Crippen LogP contribution in [0, 0.1) is 5.92 Å². The van der Waals surface area contributed by atoms with Crippen LogP contribution in [0.25, 0.3) is 0 Å². The smallest absolute Gasteiger partial charge is 0.424 e. The molecule has 1 saturated heterocycles. The van der Waals surface area contributed by atoms with Gasteiger partial charge in [0.05, 0.1) is 18.8 Å². The van der Waals surface area contributed by atoms with Crippen molar-refractivity contribution < 1.29 is 28.5 Å². The summed E-state index contributed by atoms with van der Waals surface area (Å²) in [4.78, 5) is 23.4. The van der Waals surface area contributed by atoms with Gasteiger partial charge in [-0.15, -0.1) is 0 Å². The summed E-state index contributed by atoms with van der Waals surface area (Å²) in [6.45, 7) is 10.5. The lowest BCUT2D eigenvalue weighted by Crippen LogP contribution is -2.52. The molecule has 0 radical (unpaired) electrons. The molecule has 1 saturated carbocycles. The van der Waals surface area contributed by atoms with E-state index in [1.54, 1.807) is 34.6 Å². The van der Waals surface area contributed by atoms with Gasteiger partial charge in [0.25, 0.3) is 0 Å². The van der Waals surface area contributed by atoms with E-state index in [-0.39, 0.29) is 24.6 Å².